The van der Waals surface area contributed by atoms with E-state index in [4.69, 9.17) is 5.73 Å². The first-order valence-electron chi connectivity index (χ1n) is 12.9. The molecule has 8 nitrogen and oxygen atoms in total. The van der Waals surface area contributed by atoms with Crippen molar-refractivity contribution in [2.45, 2.75) is 46.1 Å². The molecule has 0 saturated heterocycles. The highest BCUT2D eigenvalue weighted by atomic mass is 32.1. The van der Waals surface area contributed by atoms with Crippen LogP contribution in [0.2, 0.25) is 0 Å². The van der Waals surface area contributed by atoms with Gasteiger partial charge < -0.3 is 16.2 Å². The minimum atomic E-state index is -0.518. The number of carbonyl (C=O) groups excluding carboxylic acids is 3. The lowest BCUT2D eigenvalue weighted by atomic mass is 9.86. The summed E-state index contributed by atoms with van der Waals surface area (Å²) < 4.78 is 0. The van der Waals surface area contributed by atoms with Crippen LogP contribution in [0.25, 0.3) is 10.4 Å². The van der Waals surface area contributed by atoms with E-state index in [-0.39, 0.29) is 23.1 Å². The topological polar surface area (TPSA) is 134 Å². The molecule has 0 spiro atoms. The van der Waals surface area contributed by atoms with Crippen LogP contribution in [0.1, 0.15) is 87.1 Å². The summed E-state index contributed by atoms with van der Waals surface area (Å²) in [6, 6.07) is 17.6. The third-order valence-electron chi connectivity index (χ3n) is 6.59. The molecule has 0 aliphatic carbocycles. The molecule has 212 valence electrons. The van der Waals surface area contributed by atoms with Gasteiger partial charge in [0.15, 0.2) is 0 Å². The Bertz CT molecular complexity index is 1610. The summed E-state index contributed by atoms with van der Waals surface area (Å²) in [4.78, 5) is 38.2. The zero-order valence-electron chi connectivity index (χ0n) is 23.4. The van der Waals surface area contributed by atoms with Gasteiger partial charge in [-0.25, -0.2) is 5.43 Å². The number of amides is 3. The molecule has 4 aromatic rings. The Morgan fingerprint density at radius 3 is 2.12 bits per heavy atom. The summed E-state index contributed by atoms with van der Waals surface area (Å²) in [5, 5.41) is 19.8. The van der Waals surface area contributed by atoms with E-state index in [9.17, 15) is 19.5 Å². The molecule has 2 aromatic carbocycles. The maximum absolute atomic E-state index is 12.8. The highest BCUT2D eigenvalue weighted by Crippen LogP contribution is 2.39. The number of nitrogens with zero attached hydrogens (tertiary/aromatic N) is 1. The van der Waals surface area contributed by atoms with Crippen molar-refractivity contribution in [2.24, 2.45) is 10.8 Å². The third-order valence-corrected chi connectivity index (χ3v) is 8.69. The standard InChI is InChI=1S/C31H32N4O4S2/c1-17(19-6-8-21(9-7-19)28(32)37)33-29(38)24-14-15-25(41-24)30(39)35-34-18(2)23-16-40-27(26(23)36)20-10-12-22(13-11-20)31(3,4)5/h6-17,36H,1-5H3,(H2,32,37)(H,33,38)(H,35,39)/b34-18+. The van der Waals surface area contributed by atoms with Gasteiger partial charge in [0.05, 0.1) is 31.9 Å². The lowest BCUT2D eigenvalue weighted by Gasteiger charge is -2.19. The van der Waals surface area contributed by atoms with Crippen LogP contribution < -0.4 is 16.5 Å². The number of benzene rings is 2. The van der Waals surface area contributed by atoms with Crippen molar-refractivity contribution in [3.05, 3.63) is 98.1 Å². The molecule has 0 bridgehead atoms. The Kier molecular flexibility index (Phi) is 8.74. The number of primary amides is 1. The number of thiophene rings is 2. The number of hydrogen-bond donors (Lipinski definition) is 4. The number of hydrogen-bond acceptors (Lipinski definition) is 7. The Morgan fingerprint density at radius 2 is 1.54 bits per heavy atom. The van der Waals surface area contributed by atoms with Crippen molar-refractivity contribution in [1.29, 1.82) is 0 Å². The van der Waals surface area contributed by atoms with Crippen LogP contribution in [0, 0.1) is 0 Å². The average molecular weight is 589 g/mol. The SMILES string of the molecule is C/C(=N\NC(=O)c1ccc(C(=O)NC(C)c2ccc(C(N)=O)cc2)s1)c1csc(-c2ccc(C(C)(C)C)cc2)c1O. The van der Waals surface area contributed by atoms with Crippen molar-refractivity contribution < 1.29 is 19.5 Å². The van der Waals surface area contributed by atoms with Crippen LogP contribution in [0.5, 0.6) is 5.75 Å². The second-order valence-electron chi connectivity index (χ2n) is 10.6. The van der Waals surface area contributed by atoms with Crippen LogP contribution in [-0.2, 0) is 5.41 Å². The molecule has 0 aliphatic rings. The van der Waals surface area contributed by atoms with E-state index in [1.807, 2.05) is 24.4 Å². The molecule has 4 rings (SSSR count). The molecule has 1 atom stereocenters. The molecular weight excluding hydrogens is 556 g/mol. The largest absolute Gasteiger partial charge is 0.506 e. The van der Waals surface area contributed by atoms with Crippen LogP contribution >= 0.6 is 22.7 Å². The van der Waals surface area contributed by atoms with Crippen LogP contribution in [0.15, 0.2) is 71.1 Å². The van der Waals surface area contributed by atoms with Crippen LogP contribution in [0.3, 0.4) is 0 Å². The quantitative estimate of drug-likeness (QED) is 0.144. The number of nitrogens with one attached hydrogen (secondary N) is 2. The Balaban J connectivity index is 1.39. The Morgan fingerprint density at radius 1 is 0.927 bits per heavy atom. The highest BCUT2D eigenvalue weighted by Gasteiger charge is 2.19. The monoisotopic (exact) mass is 588 g/mol. The first-order valence-corrected chi connectivity index (χ1v) is 14.6. The van der Waals surface area contributed by atoms with Gasteiger partial charge in [0, 0.05) is 10.9 Å². The van der Waals surface area contributed by atoms with Gasteiger partial charge in [-0.3, -0.25) is 14.4 Å². The fourth-order valence-electron chi connectivity index (χ4n) is 4.05. The lowest BCUT2D eigenvalue weighted by molar-refractivity contribution is 0.0940. The van der Waals surface area contributed by atoms with E-state index in [2.05, 4.69) is 48.7 Å². The van der Waals surface area contributed by atoms with Gasteiger partial charge in [0.1, 0.15) is 5.75 Å². The first kappa shape index (κ1) is 29.7. The lowest BCUT2D eigenvalue weighted by Crippen LogP contribution is -2.26. The van der Waals surface area contributed by atoms with Gasteiger partial charge in [-0.1, -0.05) is 57.2 Å². The minimum absolute atomic E-state index is 0.0371. The van der Waals surface area contributed by atoms with E-state index < -0.39 is 11.8 Å². The van der Waals surface area contributed by atoms with E-state index in [1.54, 1.807) is 43.3 Å². The van der Waals surface area contributed by atoms with Gasteiger partial charge >= 0.3 is 0 Å². The molecule has 2 aromatic heterocycles. The fraction of sp³-hybridized carbons (Fsp3) is 0.226. The number of hydrazone groups is 1. The summed E-state index contributed by atoms with van der Waals surface area (Å²) >= 11 is 2.45. The molecule has 0 aliphatic heterocycles. The molecular formula is C31H32N4O4S2. The minimum Gasteiger partial charge on any atom is -0.506 e. The fourth-order valence-corrected chi connectivity index (χ4v) is 5.86. The van der Waals surface area contributed by atoms with Crippen molar-refractivity contribution in [3.63, 3.8) is 0 Å². The van der Waals surface area contributed by atoms with E-state index >= 15 is 0 Å². The predicted octanol–water partition coefficient (Wildman–Crippen LogP) is 6.22. The summed E-state index contributed by atoms with van der Waals surface area (Å²) in [6.07, 6.45) is 0. The second kappa shape index (κ2) is 12.1. The third kappa shape index (κ3) is 6.90. The van der Waals surface area contributed by atoms with Crippen molar-refractivity contribution >= 4 is 46.1 Å². The molecule has 1 unspecified atom stereocenters. The Hall–Kier alpha value is -4.28. The van der Waals surface area contributed by atoms with Gasteiger partial charge in [0.2, 0.25) is 5.91 Å². The summed E-state index contributed by atoms with van der Waals surface area (Å²) in [6.45, 7) is 9.98. The average Bonchev–Trinajstić information content (AvgIpc) is 3.59. The van der Waals surface area contributed by atoms with E-state index in [0.29, 0.717) is 26.6 Å². The molecule has 10 heteroatoms. The molecule has 0 saturated carbocycles. The zero-order chi connectivity index (χ0) is 29.9. The number of nitrogens with two attached hydrogens (primary N) is 1. The molecule has 41 heavy (non-hydrogen) atoms. The number of rotatable bonds is 8. The van der Waals surface area contributed by atoms with Crippen LogP contribution in [0.4, 0.5) is 0 Å². The molecule has 3 amide bonds. The summed E-state index contributed by atoms with van der Waals surface area (Å²) in [5.74, 6) is -1.19. The predicted molar refractivity (Wildman–Crippen MR) is 165 cm³/mol. The van der Waals surface area contributed by atoms with E-state index in [0.717, 1.165) is 27.3 Å². The molecule has 2 heterocycles. The number of carbonyl (C=O) groups is 3. The van der Waals surface area contributed by atoms with Crippen molar-refractivity contribution in [3.8, 4) is 16.2 Å². The molecule has 0 fully saturated rings. The van der Waals surface area contributed by atoms with Crippen LogP contribution in [-0.4, -0.2) is 28.5 Å². The second-order valence-corrected chi connectivity index (χ2v) is 12.6. The van der Waals surface area contributed by atoms with Gasteiger partial charge in [-0.05, 0) is 60.2 Å². The van der Waals surface area contributed by atoms with Gasteiger partial charge in [-0.15, -0.1) is 22.7 Å². The maximum atomic E-state index is 12.8. The van der Waals surface area contributed by atoms with Gasteiger partial charge in [0.25, 0.3) is 11.8 Å². The summed E-state index contributed by atoms with van der Waals surface area (Å²) in [7, 11) is 0. The normalized spacial score (nSPS) is 12.6. The van der Waals surface area contributed by atoms with Crippen molar-refractivity contribution in [1.82, 2.24) is 10.7 Å². The number of aromatic hydroxyl groups is 1. The highest BCUT2D eigenvalue weighted by molar-refractivity contribution is 7.16. The van der Waals surface area contributed by atoms with Gasteiger partial charge in [-0.2, -0.15) is 5.10 Å². The molecule has 5 N–H and O–H groups in total. The molecule has 0 radical (unpaired) electrons. The smallest absolute Gasteiger partial charge is 0.281 e. The van der Waals surface area contributed by atoms with Crippen molar-refractivity contribution in [2.75, 3.05) is 0 Å². The Labute approximate surface area is 246 Å². The first-order chi connectivity index (χ1) is 19.3. The zero-order valence-corrected chi connectivity index (χ0v) is 25.1. The maximum Gasteiger partial charge on any atom is 0.281 e. The van der Waals surface area contributed by atoms with E-state index in [1.165, 1.54) is 16.9 Å². The summed E-state index contributed by atoms with van der Waals surface area (Å²) in [5.41, 5.74) is 12.1.